The molecule has 3 saturated carbocycles. The SMILES string of the molecule is C[C@@H]1C2C[C@H](c3cc4c([S+](C)[O-])nc5c(F)c(-c6cccc(Cl)c6Cl)c(CCC#N)cc5c4n3[C@@H]3CC[C@@H]3CNC(=O)OC(C)(C)C)N(C(=O)C3CC3)C21. The van der Waals surface area contributed by atoms with Gasteiger partial charge >= 0.3 is 6.09 Å². The van der Waals surface area contributed by atoms with Crippen LogP contribution in [0.5, 0.6) is 0 Å². The van der Waals surface area contributed by atoms with Crippen molar-refractivity contribution in [3.8, 4) is 17.2 Å². The van der Waals surface area contributed by atoms with E-state index >= 15 is 4.39 Å². The fourth-order valence-corrected chi connectivity index (χ4v) is 10.1. The summed E-state index contributed by atoms with van der Waals surface area (Å²) in [6.45, 7) is 8.04. The van der Waals surface area contributed by atoms with Gasteiger partial charge in [-0.15, -0.1) is 0 Å². The van der Waals surface area contributed by atoms with E-state index < -0.39 is 28.7 Å². The topological polar surface area (TPSA) is 123 Å². The lowest BCUT2D eigenvalue weighted by molar-refractivity contribution is -0.135. The number of fused-ring (bicyclic) bond motifs is 4. The van der Waals surface area contributed by atoms with E-state index in [1.54, 1.807) is 24.5 Å². The summed E-state index contributed by atoms with van der Waals surface area (Å²) in [6.07, 6.45) is 5.67. The largest absolute Gasteiger partial charge is 0.610 e. The van der Waals surface area contributed by atoms with Gasteiger partial charge in [-0.2, -0.15) is 10.2 Å². The first kappa shape index (κ1) is 37.4. The molecule has 2 aromatic heterocycles. The summed E-state index contributed by atoms with van der Waals surface area (Å²) >= 11 is 11.5. The molecular weight excluding hydrogens is 748 g/mol. The number of benzene rings is 2. The zero-order valence-corrected chi connectivity index (χ0v) is 33.4. The molecule has 3 aliphatic carbocycles. The van der Waals surface area contributed by atoms with Gasteiger partial charge in [0, 0.05) is 64.4 Å². The lowest BCUT2D eigenvalue weighted by Crippen LogP contribution is -2.42. The summed E-state index contributed by atoms with van der Waals surface area (Å²) in [4.78, 5) is 33.7. The average molecular weight is 793 g/mol. The van der Waals surface area contributed by atoms with Crippen molar-refractivity contribution in [2.24, 2.45) is 23.7 Å². The highest BCUT2D eigenvalue weighted by atomic mass is 35.5. The number of carbonyl (C=O) groups excluding carboxylic acids is 2. The maximum Gasteiger partial charge on any atom is 0.407 e. The van der Waals surface area contributed by atoms with Gasteiger partial charge in [-0.25, -0.2) is 9.18 Å². The molecule has 284 valence electrons. The van der Waals surface area contributed by atoms with Crippen LogP contribution in [0.1, 0.15) is 89.6 Å². The van der Waals surface area contributed by atoms with Gasteiger partial charge in [0.25, 0.3) is 5.03 Å². The number of ether oxygens (including phenoxy) is 1. The first-order chi connectivity index (χ1) is 25.7. The zero-order valence-electron chi connectivity index (χ0n) is 31.0. The van der Waals surface area contributed by atoms with Crippen LogP contribution in [0, 0.1) is 40.8 Å². The molecule has 2 amide bonds. The Morgan fingerprint density at radius 2 is 1.93 bits per heavy atom. The molecule has 54 heavy (non-hydrogen) atoms. The maximum absolute atomic E-state index is 17.4. The Morgan fingerprint density at radius 1 is 1.17 bits per heavy atom. The summed E-state index contributed by atoms with van der Waals surface area (Å²) in [7, 11) is 0. The normalized spacial score (nSPS) is 25.3. The fourth-order valence-electron chi connectivity index (χ4n) is 9.01. The van der Waals surface area contributed by atoms with Crippen molar-refractivity contribution in [2.45, 2.75) is 101 Å². The number of hydrogen-bond acceptors (Lipinski definition) is 6. The number of alkyl carbamates (subject to hydrolysis) is 1. The second kappa shape index (κ2) is 13.9. The van der Waals surface area contributed by atoms with E-state index in [9.17, 15) is 19.4 Å². The van der Waals surface area contributed by atoms with Gasteiger partial charge in [0.05, 0.1) is 33.1 Å². The predicted molar refractivity (Wildman–Crippen MR) is 208 cm³/mol. The van der Waals surface area contributed by atoms with Crippen molar-refractivity contribution in [2.75, 3.05) is 12.8 Å². The molecule has 1 saturated heterocycles. The average Bonchev–Trinajstić information content (AvgIpc) is 3.96. The molecule has 4 fully saturated rings. The molecule has 0 bridgehead atoms. The minimum atomic E-state index is -1.61. The molecule has 9 nitrogen and oxygen atoms in total. The van der Waals surface area contributed by atoms with Crippen molar-refractivity contribution in [1.82, 2.24) is 19.8 Å². The van der Waals surface area contributed by atoms with E-state index in [1.165, 1.54) is 0 Å². The van der Waals surface area contributed by atoms with Crippen LogP contribution in [0.2, 0.25) is 10.0 Å². The number of nitriles is 1. The molecule has 3 heterocycles. The van der Waals surface area contributed by atoms with Gasteiger partial charge in [0.1, 0.15) is 17.4 Å². The van der Waals surface area contributed by atoms with Crippen LogP contribution in [-0.4, -0.2) is 55.4 Å². The molecule has 0 radical (unpaired) electrons. The number of halogens is 3. The van der Waals surface area contributed by atoms with Crippen LogP contribution >= 0.6 is 23.2 Å². The van der Waals surface area contributed by atoms with E-state index in [0.717, 1.165) is 37.8 Å². The van der Waals surface area contributed by atoms with Crippen LogP contribution in [0.15, 0.2) is 35.4 Å². The Labute approximate surface area is 327 Å². The van der Waals surface area contributed by atoms with Crippen LogP contribution in [-0.2, 0) is 27.1 Å². The van der Waals surface area contributed by atoms with Gasteiger partial charge in [-0.3, -0.25) is 4.79 Å². The highest BCUT2D eigenvalue weighted by Crippen LogP contribution is 2.60. The lowest BCUT2D eigenvalue weighted by Gasteiger charge is -2.41. The third-order valence-electron chi connectivity index (χ3n) is 11.9. The van der Waals surface area contributed by atoms with Gasteiger partial charge in [-0.1, -0.05) is 42.3 Å². The monoisotopic (exact) mass is 791 g/mol. The first-order valence-corrected chi connectivity index (χ1v) is 21.1. The minimum absolute atomic E-state index is 0.0144. The third kappa shape index (κ3) is 6.41. The van der Waals surface area contributed by atoms with Crippen LogP contribution in [0.4, 0.5) is 9.18 Å². The summed E-state index contributed by atoms with van der Waals surface area (Å²) < 4.78 is 38.8. The van der Waals surface area contributed by atoms with Crippen LogP contribution < -0.4 is 5.32 Å². The van der Waals surface area contributed by atoms with Gasteiger partial charge in [0.2, 0.25) is 5.91 Å². The number of aryl methyl sites for hydroxylation is 1. The third-order valence-corrected chi connectivity index (χ3v) is 13.6. The number of hydrogen-bond donors (Lipinski definition) is 1. The highest BCUT2D eigenvalue weighted by Gasteiger charge is 2.62. The van der Waals surface area contributed by atoms with Gasteiger partial charge in [0.15, 0.2) is 5.82 Å². The van der Waals surface area contributed by atoms with Crippen molar-refractivity contribution in [3.05, 3.63) is 57.5 Å². The number of likely N-dealkylation sites (tertiary alicyclic amines) is 1. The first-order valence-electron chi connectivity index (χ1n) is 18.8. The summed E-state index contributed by atoms with van der Waals surface area (Å²) in [6, 6.07) is 11.0. The van der Waals surface area contributed by atoms with Crippen LogP contribution in [0.25, 0.3) is 32.9 Å². The van der Waals surface area contributed by atoms with E-state index in [0.29, 0.717) is 45.8 Å². The van der Waals surface area contributed by atoms with E-state index in [4.69, 9.17) is 32.9 Å². The zero-order chi connectivity index (χ0) is 38.4. The predicted octanol–water partition coefficient (Wildman–Crippen LogP) is 9.29. The number of nitrogens with one attached hydrogen (secondary N) is 1. The molecule has 1 N–H and O–H groups in total. The molecule has 4 aromatic rings. The number of piperidine rings is 1. The molecule has 13 heteroatoms. The molecule has 2 aromatic carbocycles. The fraction of sp³-hybridized carbons (Fsp3) is 0.512. The van der Waals surface area contributed by atoms with Crippen molar-refractivity contribution >= 4 is 68.2 Å². The van der Waals surface area contributed by atoms with E-state index in [1.807, 2.05) is 32.9 Å². The van der Waals surface area contributed by atoms with Crippen molar-refractivity contribution < 1.29 is 23.3 Å². The highest BCUT2D eigenvalue weighted by molar-refractivity contribution is 7.90. The number of amides is 2. The van der Waals surface area contributed by atoms with Crippen molar-refractivity contribution in [3.63, 3.8) is 0 Å². The summed E-state index contributed by atoms with van der Waals surface area (Å²) in [5, 5.41) is 14.5. The second-order valence-corrected chi connectivity index (χ2v) is 18.6. The Balaban J connectivity index is 1.36. The van der Waals surface area contributed by atoms with Gasteiger partial charge < -0.3 is 24.1 Å². The Morgan fingerprint density at radius 3 is 2.57 bits per heavy atom. The Kier molecular flexibility index (Phi) is 9.60. The molecule has 4 aliphatic rings. The molecular formula is C41H44Cl2FN5O4S. The maximum atomic E-state index is 17.4. The van der Waals surface area contributed by atoms with E-state index in [2.05, 4.69) is 27.8 Å². The van der Waals surface area contributed by atoms with E-state index in [-0.39, 0.29) is 74.9 Å². The molecule has 8 rings (SSSR count). The lowest BCUT2D eigenvalue weighted by atomic mass is 9.78. The molecule has 1 aliphatic heterocycles. The second-order valence-electron chi connectivity index (χ2n) is 16.5. The minimum Gasteiger partial charge on any atom is -0.610 e. The summed E-state index contributed by atoms with van der Waals surface area (Å²) in [5.41, 5.74) is 2.18. The molecule has 3 unspecified atom stereocenters. The number of nitrogens with zero attached hydrogens (tertiary/aromatic N) is 4. The number of rotatable bonds is 9. The molecule has 7 atom stereocenters. The van der Waals surface area contributed by atoms with Gasteiger partial charge in [-0.05, 0) is 101 Å². The van der Waals surface area contributed by atoms with Crippen LogP contribution in [0.3, 0.4) is 0 Å². The smallest absolute Gasteiger partial charge is 0.407 e. The number of pyridine rings is 1. The standard InChI is InChI=1S/C41H44Cl2FN5O4S/c1-20-25-17-31(49(36(20)25)39(50)21-11-12-21)30-18-27-37(48(30)29-14-13-23(29)19-46-40(51)53-41(2,3)4)26-16-22(8-7-15-45)32(24-9-6-10-28(42)33(24)43)34(44)35(26)47-38(27)54(5)52/h6,9-10,16,18,20-21,23,25,29,31,36H,7-8,11-14,17,19H2,1-5H3,(H,46,51)/t20-,23-,25?,29-,31-,36?,54?/m1/s1. The summed E-state index contributed by atoms with van der Waals surface area (Å²) in [5.74, 6) is 0.434. The molecule has 0 spiro atoms. The quantitative estimate of drug-likeness (QED) is 0.169. The number of carbonyl (C=O) groups is 2. The Bertz CT molecular complexity index is 2240. The van der Waals surface area contributed by atoms with Crippen molar-refractivity contribution in [1.29, 1.82) is 5.26 Å². The number of aromatic nitrogens is 2. The Hall–Kier alpha value is -3.56.